The van der Waals surface area contributed by atoms with Crippen LogP contribution in [0, 0.1) is 10.1 Å². The molecular weight excluding hydrogens is 235 g/mol. The fraction of sp³-hybridized carbons (Fsp3) is 0. The maximum atomic E-state index is 10.5. The second-order valence-electron chi connectivity index (χ2n) is 2.19. The number of nitro groups is 1. The van der Waals surface area contributed by atoms with Crippen LogP contribution in [-0.2, 0) is 0 Å². The Balaban J connectivity index is 3.47. The van der Waals surface area contributed by atoms with Crippen molar-refractivity contribution in [2.24, 2.45) is 0 Å². The van der Waals surface area contributed by atoms with E-state index in [9.17, 15) is 14.9 Å². The molecule has 0 fully saturated rings. The van der Waals surface area contributed by atoms with Gasteiger partial charge in [0.25, 0.3) is 5.69 Å². The minimum atomic E-state index is -1.47. The summed E-state index contributed by atoms with van der Waals surface area (Å²) in [6.45, 7) is 0. The zero-order chi connectivity index (χ0) is 10.9. The van der Waals surface area contributed by atoms with Crippen molar-refractivity contribution >= 4 is 34.9 Å². The van der Waals surface area contributed by atoms with Gasteiger partial charge in [-0.25, -0.2) is 9.78 Å². The molecule has 0 aliphatic carbocycles. The van der Waals surface area contributed by atoms with E-state index in [-0.39, 0.29) is 5.15 Å². The number of pyridine rings is 1. The van der Waals surface area contributed by atoms with Gasteiger partial charge in [-0.1, -0.05) is 23.2 Å². The Bertz CT molecular complexity index is 385. The number of aromatic nitrogens is 1. The average Bonchev–Trinajstić information content (AvgIpc) is 2.07. The molecule has 0 bridgehead atoms. The van der Waals surface area contributed by atoms with Crippen LogP contribution in [0.5, 0.6) is 0 Å². The predicted octanol–water partition coefficient (Wildman–Crippen LogP) is 1.99. The first kappa shape index (κ1) is 10.7. The van der Waals surface area contributed by atoms with Gasteiger partial charge in [-0.2, -0.15) is 0 Å². The number of hydrogen-bond acceptors (Lipinski definition) is 4. The lowest BCUT2D eigenvalue weighted by atomic mass is 10.3. The maximum absolute atomic E-state index is 10.5. The monoisotopic (exact) mass is 236 g/mol. The highest BCUT2D eigenvalue weighted by atomic mass is 35.5. The molecule has 0 radical (unpaired) electrons. The first-order valence-electron chi connectivity index (χ1n) is 3.17. The molecule has 6 nitrogen and oxygen atoms in total. The van der Waals surface area contributed by atoms with E-state index in [1.807, 2.05) is 0 Å². The summed E-state index contributed by atoms with van der Waals surface area (Å²) in [7, 11) is 0. The van der Waals surface area contributed by atoms with Crippen LogP contribution in [-0.4, -0.2) is 21.0 Å². The summed E-state index contributed by atoms with van der Waals surface area (Å²) in [6, 6.07) is 0.885. The third kappa shape index (κ3) is 1.91. The molecule has 0 saturated heterocycles. The smallest absolute Gasteiger partial charge is 0.356 e. The number of rotatable bonds is 2. The second-order valence-corrected chi connectivity index (χ2v) is 2.95. The highest BCUT2D eigenvalue weighted by Gasteiger charge is 2.22. The van der Waals surface area contributed by atoms with E-state index in [1.165, 1.54) is 0 Å². The molecule has 0 spiro atoms. The van der Waals surface area contributed by atoms with Gasteiger partial charge in [0.2, 0.25) is 0 Å². The summed E-state index contributed by atoms with van der Waals surface area (Å²) in [6.07, 6.45) is 0. The fourth-order valence-corrected chi connectivity index (χ4v) is 1.19. The Morgan fingerprint density at radius 1 is 1.57 bits per heavy atom. The molecule has 8 heteroatoms. The van der Waals surface area contributed by atoms with E-state index >= 15 is 0 Å². The van der Waals surface area contributed by atoms with Crippen LogP contribution in [0.15, 0.2) is 6.07 Å². The number of nitrogens with zero attached hydrogens (tertiary/aromatic N) is 2. The summed E-state index contributed by atoms with van der Waals surface area (Å²) >= 11 is 10.8. The average molecular weight is 237 g/mol. The van der Waals surface area contributed by atoms with Crippen LogP contribution in [0.25, 0.3) is 0 Å². The molecule has 14 heavy (non-hydrogen) atoms. The quantitative estimate of drug-likeness (QED) is 0.482. The summed E-state index contributed by atoms with van der Waals surface area (Å²) in [5.41, 5.74) is -1.21. The number of carbonyl (C=O) groups is 1. The zero-order valence-electron chi connectivity index (χ0n) is 6.40. The topological polar surface area (TPSA) is 93.3 Å². The van der Waals surface area contributed by atoms with Gasteiger partial charge in [0.15, 0.2) is 10.7 Å². The minimum Gasteiger partial charge on any atom is -0.476 e. The molecule has 0 amide bonds. The van der Waals surface area contributed by atoms with Gasteiger partial charge >= 0.3 is 5.97 Å². The van der Waals surface area contributed by atoms with Crippen molar-refractivity contribution in [3.8, 4) is 0 Å². The van der Waals surface area contributed by atoms with Gasteiger partial charge in [-0.3, -0.25) is 10.1 Å². The fourth-order valence-electron chi connectivity index (χ4n) is 0.760. The van der Waals surface area contributed by atoms with Crippen LogP contribution >= 0.6 is 23.2 Å². The van der Waals surface area contributed by atoms with E-state index < -0.39 is 27.3 Å². The van der Waals surface area contributed by atoms with Crippen LogP contribution in [0.3, 0.4) is 0 Å². The van der Waals surface area contributed by atoms with Crippen molar-refractivity contribution in [2.75, 3.05) is 0 Å². The van der Waals surface area contributed by atoms with Crippen LogP contribution < -0.4 is 0 Å². The number of aromatic carboxylic acids is 1. The van der Waals surface area contributed by atoms with Gasteiger partial charge < -0.3 is 5.11 Å². The lowest BCUT2D eigenvalue weighted by Gasteiger charge is -1.99. The molecule has 0 atom stereocenters. The number of hydrogen-bond donors (Lipinski definition) is 1. The lowest BCUT2D eigenvalue weighted by molar-refractivity contribution is -0.384. The third-order valence-electron chi connectivity index (χ3n) is 1.31. The molecule has 0 aliphatic rings. The first-order valence-corrected chi connectivity index (χ1v) is 3.92. The predicted molar refractivity (Wildman–Crippen MR) is 47.9 cm³/mol. The van der Waals surface area contributed by atoms with Crippen molar-refractivity contribution in [3.63, 3.8) is 0 Å². The molecular formula is C6H2Cl2N2O4. The standard InChI is InChI=1S/C6H2Cl2N2O4/c7-3-1-2(10(13)14)4(8)5(9-3)6(11)12/h1H,(H,11,12). The van der Waals surface area contributed by atoms with Gasteiger partial charge in [0.05, 0.1) is 11.0 Å². The molecule has 74 valence electrons. The Morgan fingerprint density at radius 3 is 2.57 bits per heavy atom. The molecule has 1 heterocycles. The molecule has 1 N–H and O–H groups in total. The van der Waals surface area contributed by atoms with Gasteiger partial charge in [-0.15, -0.1) is 0 Å². The van der Waals surface area contributed by atoms with E-state index in [4.69, 9.17) is 28.3 Å². The summed E-state index contributed by atoms with van der Waals surface area (Å²) in [4.78, 5) is 23.4. The molecule has 1 aromatic rings. The van der Waals surface area contributed by atoms with E-state index in [0.29, 0.717) is 0 Å². The zero-order valence-corrected chi connectivity index (χ0v) is 7.91. The van der Waals surface area contributed by atoms with Crippen molar-refractivity contribution in [2.45, 2.75) is 0 Å². The van der Waals surface area contributed by atoms with Crippen molar-refractivity contribution in [1.29, 1.82) is 0 Å². The Hall–Kier alpha value is -1.40. The molecule has 1 aromatic heterocycles. The first-order chi connectivity index (χ1) is 6.43. The van der Waals surface area contributed by atoms with Crippen molar-refractivity contribution < 1.29 is 14.8 Å². The SMILES string of the molecule is O=C(O)c1nc(Cl)cc([N+](=O)[O-])c1Cl. The van der Waals surface area contributed by atoms with Crippen LogP contribution in [0.1, 0.15) is 10.5 Å². The molecule has 1 rings (SSSR count). The lowest BCUT2D eigenvalue weighted by Crippen LogP contribution is -2.04. The van der Waals surface area contributed by atoms with E-state index in [0.717, 1.165) is 6.07 Å². The minimum absolute atomic E-state index is 0.293. The van der Waals surface area contributed by atoms with Crippen LogP contribution in [0.2, 0.25) is 10.2 Å². The van der Waals surface area contributed by atoms with Gasteiger partial charge in [-0.05, 0) is 0 Å². The maximum Gasteiger partial charge on any atom is 0.356 e. The van der Waals surface area contributed by atoms with Crippen molar-refractivity contribution in [1.82, 2.24) is 4.98 Å². The Morgan fingerprint density at radius 2 is 2.14 bits per heavy atom. The highest BCUT2D eigenvalue weighted by Crippen LogP contribution is 2.29. The second kappa shape index (κ2) is 3.77. The largest absolute Gasteiger partial charge is 0.476 e. The number of halogens is 2. The van der Waals surface area contributed by atoms with Crippen LogP contribution in [0.4, 0.5) is 5.69 Å². The Kier molecular flexibility index (Phi) is 2.87. The number of carboxylic acid groups (broad SMARTS) is 1. The van der Waals surface area contributed by atoms with Crippen molar-refractivity contribution in [3.05, 3.63) is 32.1 Å². The summed E-state index contributed by atoms with van der Waals surface area (Å²) < 4.78 is 0. The van der Waals surface area contributed by atoms with Gasteiger partial charge in [0, 0.05) is 0 Å². The van der Waals surface area contributed by atoms with E-state index in [1.54, 1.807) is 0 Å². The third-order valence-corrected chi connectivity index (χ3v) is 1.87. The molecule has 0 aliphatic heterocycles. The van der Waals surface area contributed by atoms with Gasteiger partial charge in [0.1, 0.15) is 5.15 Å². The Labute approximate surface area is 87.2 Å². The molecule has 0 aromatic carbocycles. The highest BCUT2D eigenvalue weighted by molar-refractivity contribution is 6.36. The van der Waals surface area contributed by atoms with E-state index in [2.05, 4.69) is 4.98 Å². The summed E-state index contributed by atoms with van der Waals surface area (Å²) in [5.74, 6) is -1.47. The normalized spacial score (nSPS) is 9.86. The number of carboxylic acids is 1. The molecule has 0 unspecified atom stereocenters. The summed E-state index contributed by atoms with van der Waals surface area (Å²) in [5, 5.41) is 18.1. The molecule has 0 saturated carbocycles.